The molecule has 2 rings (SSSR count). The van der Waals surface area contributed by atoms with E-state index in [4.69, 9.17) is 11.6 Å². The van der Waals surface area contributed by atoms with Crippen molar-refractivity contribution < 1.29 is 0 Å². The van der Waals surface area contributed by atoms with Crippen molar-refractivity contribution in [3.05, 3.63) is 41.7 Å². The lowest BCUT2D eigenvalue weighted by molar-refractivity contribution is 0.266. The number of benzene rings is 1. The molecule has 0 atom stereocenters. The van der Waals surface area contributed by atoms with Crippen molar-refractivity contribution >= 4 is 11.6 Å². The summed E-state index contributed by atoms with van der Waals surface area (Å²) in [7, 11) is 1.76. The van der Waals surface area contributed by atoms with E-state index in [1.54, 1.807) is 7.05 Å². The average molecular weight is 266 g/mol. The maximum Gasteiger partial charge on any atom is 0.188 e. The van der Waals surface area contributed by atoms with Crippen LogP contribution in [0.2, 0.25) is 0 Å². The molecule has 0 aliphatic rings. The van der Waals surface area contributed by atoms with Crippen molar-refractivity contribution in [3.8, 4) is 0 Å². The molecule has 0 bridgehead atoms. The van der Waals surface area contributed by atoms with Crippen molar-refractivity contribution in [2.24, 2.45) is 7.05 Å². The number of alkyl halides is 1. The van der Waals surface area contributed by atoms with Crippen LogP contribution in [0.1, 0.15) is 11.4 Å². The quantitative estimate of drug-likeness (QED) is 0.742. The van der Waals surface area contributed by atoms with Crippen molar-refractivity contribution in [2.45, 2.75) is 13.1 Å². The third-order valence-electron chi connectivity index (χ3n) is 2.56. The van der Waals surface area contributed by atoms with Crippen molar-refractivity contribution in [2.75, 3.05) is 12.4 Å². The minimum Gasteiger partial charge on any atom is -0.290 e. The highest BCUT2D eigenvalue weighted by Gasteiger charge is 2.09. The summed E-state index contributed by atoms with van der Waals surface area (Å²) in [5.74, 6) is 1.31. The molecule has 0 unspecified atom stereocenters. The number of tetrazole rings is 1. The smallest absolute Gasteiger partial charge is 0.188 e. The Morgan fingerprint density at radius 1 is 1.22 bits per heavy atom. The molecule has 5 nitrogen and oxygen atoms in total. The SMILES string of the molecule is Cn1nnc(CN(CCCl)Cc2ccccc2)n1. The van der Waals surface area contributed by atoms with Gasteiger partial charge in [0, 0.05) is 19.0 Å². The molecule has 1 aromatic heterocycles. The van der Waals surface area contributed by atoms with Crippen LogP contribution in [0.4, 0.5) is 0 Å². The molecule has 0 spiro atoms. The van der Waals surface area contributed by atoms with Crippen LogP contribution in [0.5, 0.6) is 0 Å². The number of rotatable bonds is 6. The number of hydrogen-bond acceptors (Lipinski definition) is 4. The molecule has 6 heteroatoms. The van der Waals surface area contributed by atoms with Gasteiger partial charge in [0.1, 0.15) is 0 Å². The first kappa shape index (κ1) is 13.0. The minimum absolute atomic E-state index is 0.590. The van der Waals surface area contributed by atoms with Crippen molar-refractivity contribution in [1.82, 2.24) is 25.1 Å². The summed E-state index contributed by atoms with van der Waals surface area (Å²) < 4.78 is 0. The average Bonchev–Trinajstić information content (AvgIpc) is 2.76. The lowest BCUT2D eigenvalue weighted by Crippen LogP contribution is -2.25. The summed E-state index contributed by atoms with van der Waals surface area (Å²) >= 11 is 5.83. The molecule has 1 aromatic carbocycles. The van der Waals surface area contributed by atoms with E-state index >= 15 is 0 Å². The van der Waals surface area contributed by atoms with Crippen LogP contribution in [-0.2, 0) is 20.1 Å². The van der Waals surface area contributed by atoms with Gasteiger partial charge in [0.15, 0.2) is 5.82 Å². The molecule has 0 radical (unpaired) electrons. The van der Waals surface area contributed by atoms with Crippen molar-refractivity contribution in [3.63, 3.8) is 0 Å². The summed E-state index contributed by atoms with van der Waals surface area (Å²) in [6.07, 6.45) is 0. The van der Waals surface area contributed by atoms with E-state index in [1.807, 2.05) is 18.2 Å². The highest BCUT2D eigenvalue weighted by atomic mass is 35.5. The van der Waals surface area contributed by atoms with Gasteiger partial charge in [-0.15, -0.1) is 21.8 Å². The Balaban J connectivity index is 1.99. The summed E-state index contributed by atoms with van der Waals surface area (Å²) in [5.41, 5.74) is 1.26. The van der Waals surface area contributed by atoms with Crippen LogP contribution in [0, 0.1) is 0 Å². The van der Waals surface area contributed by atoms with Gasteiger partial charge in [-0.3, -0.25) is 4.90 Å². The van der Waals surface area contributed by atoms with E-state index < -0.39 is 0 Å². The molecule has 96 valence electrons. The Bertz CT molecular complexity index is 470. The van der Waals surface area contributed by atoms with E-state index in [-0.39, 0.29) is 0 Å². The van der Waals surface area contributed by atoms with E-state index in [0.717, 1.165) is 18.9 Å². The first-order valence-corrected chi connectivity index (χ1v) is 6.36. The third-order valence-corrected chi connectivity index (χ3v) is 2.73. The molecule has 0 aliphatic heterocycles. The Morgan fingerprint density at radius 3 is 2.61 bits per heavy atom. The Morgan fingerprint density at radius 2 is 2.00 bits per heavy atom. The maximum absolute atomic E-state index is 5.83. The molecule has 0 saturated carbocycles. The second kappa shape index (κ2) is 6.47. The zero-order chi connectivity index (χ0) is 12.8. The largest absolute Gasteiger partial charge is 0.290 e. The monoisotopic (exact) mass is 265 g/mol. The van der Waals surface area contributed by atoms with Gasteiger partial charge in [-0.1, -0.05) is 30.3 Å². The second-order valence-electron chi connectivity index (χ2n) is 4.08. The fourth-order valence-electron chi connectivity index (χ4n) is 1.76. The van der Waals surface area contributed by atoms with E-state index in [0.29, 0.717) is 12.4 Å². The first-order chi connectivity index (χ1) is 8.78. The molecule has 1 heterocycles. The zero-order valence-corrected chi connectivity index (χ0v) is 11.1. The number of nitrogens with zero attached hydrogens (tertiary/aromatic N) is 5. The van der Waals surface area contributed by atoms with Gasteiger partial charge in [0.25, 0.3) is 0 Å². The van der Waals surface area contributed by atoms with E-state index in [2.05, 4.69) is 32.4 Å². The Labute approximate surface area is 111 Å². The minimum atomic E-state index is 0.590. The predicted octanol–water partition coefficient (Wildman–Crippen LogP) is 1.45. The van der Waals surface area contributed by atoms with E-state index in [1.165, 1.54) is 10.4 Å². The molecule has 2 aromatic rings. The standard InChI is InChI=1S/C12H16ClN5/c1-17-15-12(14-16-17)10-18(8-7-13)9-11-5-3-2-4-6-11/h2-6H,7-10H2,1H3. The zero-order valence-electron chi connectivity index (χ0n) is 10.3. The fourth-order valence-corrected chi connectivity index (χ4v) is 2.00. The van der Waals surface area contributed by atoms with Crippen LogP contribution < -0.4 is 0 Å². The highest BCUT2D eigenvalue weighted by Crippen LogP contribution is 2.07. The normalized spacial score (nSPS) is 11.1. The number of aromatic nitrogens is 4. The molecular formula is C12H16ClN5. The number of aryl methyl sites for hydroxylation is 1. The molecule has 0 fully saturated rings. The summed E-state index contributed by atoms with van der Waals surface area (Å²) in [6.45, 7) is 2.30. The maximum atomic E-state index is 5.83. The Hall–Kier alpha value is -1.46. The third kappa shape index (κ3) is 3.78. The lowest BCUT2D eigenvalue weighted by atomic mass is 10.2. The topological polar surface area (TPSA) is 46.8 Å². The van der Waals surface area contributed by atoms with Gasteiger partial charge >= 0.3 is 0 Å². The van der Waals surface area contributed by atoms with Crippen molar-refractivity contribution in [1.29, 1.82) is 0 Å². The first-order valence-electron chi connectivity index (χ1n) is 5.83. The molecule has 0 aliphatic carbocycles. The molecule has 0 saturated heterocycles. The number of hydrogen-bond donors (Lipinski definition) is 0. The number of halogens is 1. The van der Waals surface area contributed by atoms with Gasteiger partial charge in [0.05, 0.1) is 13.6 Å². The Kier molecular flexibility index (Phi) is 4.66. The molecule has 0 amide bonds. The summed E-state index contributed by atoms with van der Waals surface area (Å²) in [5, 5.41) is 12.0. The van der Waals surface area contributed by atoms with Crippen LogP contribution in [0.3, 0.4) is 0 Å². The second-order valence-corrected chi connectivity index (χ2v) is 4.46. The fraction of sp³-hybridized carbons (Fsp3) is 0.417. The van der Waals surface area contributed by atoms with Gasteiger partial charge in [-0.25, -0.2) is 0 Å². The molecule has 18 heavy (non-hydrogen) atoms. The van der Waals surface area contributed by atoms with Crippen LogP contribution in [-0.4, -0.2) is 37.5 Å². The van der Waals surface area contributed by atoms with Crippen LogP contribution in [0.25, 0.3) is 0 Å². The summed E-state index contributed by atoms with van der Waals surface area (Å²) in [6, 6.07) is 10.3. The predicted molar refractivity (Wildman–Crippen MR) is 70.1 cm³/mol. The van der Waals surface area contributed by atoms with Crippen LogP contribution in [0.15, 0.2) is 30.3 Å². The lowest BCUT2D eigenvalue weighted by Gasteiger charge is -2.19. The van der Waals surface area contributed by atoms with Gasteiger partial charge in [-0.2, -0.15) is 4.80 Å². The molecular weight excluding hydrogens is 250 g/mol. The summed E-state index contributed by atoms with van der Waals surface area (Å²) in [4.78, 5) is 3.68. The van der Waals surface area contributed by atoms with Gasteiger partial charge in [-0.05, 0) is 10.8 Å². The van der Waals surface area contributed by atoms with Gasteiger partial charge < -0.3 is 0 Å². The van der Waals surface area contributed by atoms with Crippen LogP contribution >= 0.6 is 11.6 Å². The highest BCUT2D eigenvalue weighted by molar-refractivity contribution is 6.18. The van der Waals surface area contributed by atoms with E-state index in [9.17, 15) is 0 Å². The van der Waals surface area contributed by atoms with Gasteiger partial charge in [0.2, 0.25) is 0 Å². The molecule has 0 N–H and O–H groups in total.